The predicted octanol–water partition coefficient (Wildman–Crippen LogP) is 3.75. The SMILES string of the molecule is CCCCCCCCCCCCC(c1ccccc1)[N+](C)(C)C.[Cl-]. The molecule has 0 aromatic heterocycles. The van der Waals surface area contributed by atoms with Crippen LogP contribution in [-0.4, -0.2) is 25.6 Å². The lowest BCUT2D eigenvalue weighted by Gasteiger charge is -2.34. The number of benzene rings is 1. The second-order valence-corrected chi connectivity index (χ2v) is 8.01. The smallest absolute Gasteiger partial charge is 0.114 e. The van der Waals surface area contributed by atoms with Crippen molar-refractivity contribution in [3.63, 3.8) is 0 Å². The van der Waals surface area contributed by atoms with Crippen molar-refractivity contribution in [2.24, 2.45) is 0 Å². The fourth-order valence-corrected chi connectivity index (χ4v) is 3.50. The highest BCUT2D eigenvalue weighted by Gasteiger charge is 2.24. The van der Waals surface area contributed by atoms with Gasteiger partial charge in [0.1, 0.15) is 6.04 Å². The van der Waals surface area contributed by atoms with Crippen LogP contribution in [0.3, 0.4) is 0 Å². The minimum atomic E-state index is 0. The Balaban J connectivity index is 0.00000529. The molecule has 0 N–H and O–H groups in total. The summed E-state index contributed by atoms with van der Waals surface area (Å²) in [4.78, 5) is 0. The van der Waals surface area contributed by atoms with E-state index in [0.717, 1.165) is 4.48 Å². The van der Waals surface area contributed by atoms with Crippen LogP contribution in [0.1, 0.15) is 89.2 Å². The molecule has 1 rings (SSSR count). The third-order valence-electron chi connectivity index (χ3n) is 4.95. The Morgan fingerprint density at radius 1 is 0.708 bits per heavy atom. The maximum absolute atomic E-state index is 2.33. The van der Waals surface area contributed by atoms with E-state index in [0.29, 0.717) is 6.04 Å². The molecule has 0 amide bonds. The van der Waals surface area contributed by atoms with Crippen LogP contribution in [0.15, 0.2) is 30.3 Å². The van der Waals surface area contributed by atoms with Gasteiger partial charge in [0.15, 0.2) is 0 Å². The summed E-state index contributed by atoms with van der Waals surface area (Å²) < 4.78 is 1.03. The van der Waals surface area contributed by atoms with Gasteiger partial charge in [-0.3, -0.25) is 0 Å². The van der Waals surface area contributed by atoms with E-state index in [1.165, 1.54) is 76.2 Å². The number of hydrogen-bond acceptors (Lipinski definition) is 0. The Hall–Kier alpha value is -0.530. The summed E-state index contributed by atoms with van der Waals surface area (Å²) in [5.74, 6) is 0. The second kappa shape index (κ2) is 13.7. The van der Waals surface area contributed by atoms with Gasteiger partial charge in [0.2, 0.25) is 0 Å². The number of unbranched alkanes of at least 4 members (excludes halogenated alkanes) is 9. The molecule has 1 nitrogen and oxygen atoms in total. The normalized spacial score (nSPS) is 12.7. The molecule has 0 fully saturated rings. The van der Waals surface area contributed by atoms with Gasteiger partial charge in [0.05, 0.1) is 21.1 Å². The summed E-state index contributed by atoms with van der Waals surface area (Å²) in [6.07, 6.45) is 15.5. The quantitative estimate of drug-likeness (QED) is 0.374. The van der Waals surface area contributed by atoms with Gasteiger partial charge in [-0.25, -0.2) is 0 Å². The van der Waals surface area contributed by atoms with Crippen LogP contribution in [-0.2, 0) is 0 Å². The molecule has 1 atom stereocenters. The Morgan fingerprint density at radius 2 is 1.17 bits per heavy atom. The molecule has 0 heterocycles. The van der Waals surface area contributed by atoms with Crippen LogP contribution in [0.2, 0.25) is 0 Å². The molecule has 0 aliphatic heterocycles. The Labute approximate surface area is 157 Å². The van der Waals surface area contributed by atoms with Crippen molar-refractivity contribution in [3.8, 4) is 0 Å². The Morgan fingerprint density at radius 3 is 1.62 bits per heavy atom. The minimum absolute atomic E-state index is 0. The lowest BCUT2D eigenvalue weighted by atomic mass is 9.97. The maximum Gasteiger partial charge on any atom is 0.114 e. The average molecular weight is 354 g/mol. The Bertz CT molecular complexity index is 383. The highest BCUT2D eigenvalue weighted by Crippen LogP contribution is 2.29. The molecule has 140 valence electrons. The summed E-state index contributed by atoms with van der Waals surface area (Å²) in [7, 11) is 6.98. The van der Waals surface area contributed by atoms with E-state index >= 15 is 0 Å². The first-order valence-corrected chi connectivity index (χ1v) is 9.91. The van der Waals surface area contributed by atoms with Crippen molar-refractivity contribution in [2.75, 3.05) is 21.1 Å². The van der Waals surface area contributed by atoms with E-state index < -0.39 is 0 Å². The molecular formula is C22H40ClN. The van der Waals surface area contributed by atoms with Crippen LogP contribution in [0.4, 0.5) is 0 Å². The molecule has 0 radical (unpaired) electrons. The molecule has 1 unspecified atom stereocenters. The zero-order chi connectivity index (χ0) is 17.0. The van der Waals surface area contributed by atoms with E-state index in [1.807, 2.05) is 0 Å². The van der Waals surface area contributed by atoms with Gasteiger partial charge in [-0.15, -0.1) is 0 Å². The van der Waals surface area contributed by atoms with Crippen LogP contribution in [0.5, 0.6) is 0 Å². The van der Waals surface area contributed by atoms with E-state index in [-0.39, 0.29) is 12.4 Å². The van der Waals surface area contributed by atoms with Gasteiger partial charge in [-0.2, -0.15) is 0 Å². The number of quaternary nitrogens is 1. The summed E-state index contributed by atoms with van der Waals surface area (Å²) >= 11 is 0. The topological polar surface area (TPSA) is 0 Å². The van der Waals surface area contributed by atoms with Crippen molar-refractivity contribution >= 4 is 0 Å². The van der Waals surface area contributed by atoms with E-state index in [9.17, 15) is 0 Å². The summed E-state index contributed by atoms with van der Waals surface area (Å²) in [6.45, 7) is 2.29. The van der Waals surface area contributed by atoms with Crippen molar-refractivity contribution in [1.29, 1.82) is 0 Å². The third kappa shape index (κ3) is 10.4. The van der Waals surface area contributed by atoms with Crippen molar-refractivity contribution < 1.29 is 16.9 Å². The fraction of sp³-hybridized carbons (Fsp3) is 0.727. The Kier molecular flexibility index (Phi) is 13.4. The van der Waals surface area contributed by atoms with Crippen molar-refractivity contribution in [2.45, 2.75) is 83.6 Å². The monoisotopic (exact) mass is 353 g/mol. The van der Waals surface area contributed by atoms with Crippen LogP contribution in [0, 0.1) is 0 Å². The zero-order valence-electron chi connectivity index (χ0n) is 16.6. The number of rotatable bonds is 13. The number of nitrogens with zero attached hydrogens (tertiary/aromatic N) is 1. The number of hydrogen-bond donors (Lipinski definition) is 0. The number of halogens is 1. The molecule has 24 heavy (non-hydrogen) atoms. The van der Waals surface area contributed by atoms with Crippen LogP contribution < -0.4 is 12.4 Å². The summed E-state index contributed by atoms with van der Waals surface area (Å²) in [5, 5.41) is 0. The van der Waals surface area contributed by atoms with E-state index in [1.54, 1.807) is 0 Å². The van der Waals surface area contributed by atoms with Gasteiger partial charge in [0.25, 0.3) is 0 Å². The highest BCUT2D eigenvalue weighted by molar-refractivity contribution is 5.17. The maximum atomic E-state index is 2.33. The molecule has 2 heteroatoms. The van der Waals surface area contributed by atoms with Crippen LogP contribution in [0.25, 0.3) is 0 Å². The largest absolute Gasteiger partial charge is 1.00 e. The first-order chi connectivity index (χ1) is 11.1. The third-order valence-corrected chi connectivity index (χ3v) is 4.95. The minimum Gasteiger partial charge on any atom is -1.00 e. The standard InChI is InChI=1S/C22H40N.ClH/c1-5-6-7-8-9-10-11-12-13-17-20-22(23(2,3)4)21-18-15-14-16-19-21;/h14-16,18-19,22H,5-13,17,20H2,1-4H3;1H/q+1;/p-1. The lowest BCUT2D eigenvalue weighted by Crippen LogP contribution is -3.00. The molecule has 0 spiro atoms. The van der Waals surface area contributed by atoms with Gasteiger partial charge in [-0.1, -0.05) is 95.0 Å². The molecule has 1 aromatic rings. The molecule has 1 aromatic carbocycles. The zero-order valence-corrected chi connectivity index (χ0v) is 17.3. The first-order valence-electron chi connectivity index (χ1n) is 9.91. The van der Waals surface area contributed by atoms with E-state index in [2.05, 4.69) is 58.4 Å². The van der Waals surface area contributed by atoms with Gasteiger partial charge >= 0.3 is 0 Å². The highest BCUT2D eigenvalue weighted by atomic mass is 35.5. The van der Waals surface area contributed by atoms with Crippen molar-refractivity contribution in [1.82, 2.24) is 0 Å². The molecule has 0 aliphatic rings. The van der Waals surface area contributed by atoms with Gasteiger partial charge in [0, 0.05) is 12.0 Å². The van der Waals surface area contributed by atoms with Crippen molar-refractivity contribution in [3.05, 3.63) is 35.9 Å². The second-order valence-electron chi connectivity index (χ2n) is 8.01. The van der Waals surface area contributed by atoms with Gasteiger partial charge < -0.3 is 16.9 Å². The van der Waals surface area contributed by atoms with Gasteiger partial charge in [-0.05, 0) is 6.42 Å². The predicted molar refractivity (Wildman–Crippen MR) is 104 cm³/mol. The molecule has 0 bridgehead atoms. The first kappa shape index (κ1) is 23.5. The molecule has 0 saturated heterocycles. The van der Waals surface area contributed by atoms with Crippen LogP contribution >= 0.6 is 0 Å². The fourth-order valence-electron chi connectivity index (χ4n) is 3.50. The average Bonchev–Trinajstić information content (AvgIpc) is 2.52. The summed E-state index contributed by atoms with van der Waals surface area (Å²) in [6, 6.07) is 11.7. The summed E-state index contributed by atoms with van der Waals surface area (Å²) in [5.41, 5.74) is 1.50. The molecule has 0 aliphatic carbocycles. The lowest BCUT2D eigenvalue weighted by molar-refractivity contribution is -0.902. The van der Waals surface area contributed by atoms with E-state index in [4.69, 9.17) is 0 Å². The molecule has 0 saturated carbocycles. The molecular weight excluding hydrogens is 314 g/mol.